The summed E-state index contributed by atoms with van der Waals surface area (Å²) >= 11 is 0. The van der Waals surface area contributed by atoms with E-state index in [9.17, 15) is 52.7 Å². The normalized spacial score (nSPS) is 10.9. The molecule has 0 aliphatic heterocycles. The van der Waals surface area contributed by atoms with E-state index in [0.717, 1.165) is 39.3 Å². The van der Waals surface area contributed by atoms with Crippen LogP contribution in [0, 0.1) is 117 Å². The third-order valence-electron chi connectivity index (χ3n) is 8.01. The molecule has 3 aromatic carbocycles. The zero-order valence-corrected chi connectivity index (χ0v) is 32.9. The minimum Gasteiger partial charge on any atom is -0.678 e. The number of halogens is 12. The van der Waals surface area contributed by atoms with Crippen molar-refractivity contribution >= 4 is 17.1 Å². The van der Waals surface area contributed by atoms with E-state index in [1.165, 1.54) is 0 Å². The Kier molecular flexibility index (Phi) is 26.1. The summed E-state index contributed by atoms with van der Waals surface area (Å²) in [4.78, 5) is 5.94. The molecule has 0 unspecified atom stereocenters. The molecule has 0 saturated carbocycles. The molecule has 0 bridgehead atoms. The number of nitrogens with zero attached hydrogens (tertiary/aromatic N) is 6. The standard InChI is InChI=1S/3C12H15F4N2.Yb/c3*1-3-18(4-2)6-5-17-12-10(15)8(13)7-9(14)11(12)16;/h3*7H,3-6H2,1-2H3;/q3*-1;+3. The number of rotatable bonds is 18. The first-order valence-electron chi connectivity index (χ1n) is 17.2. The van der Waals surface area contributed by atoms with Crippen LogP contribution in [0.4, 0.5) is 69.7 Å². The Hall–Kier alpha value is -2.38. The van der Waals surface area contributed by atoms with Crippen LogP contribution in [0.1, 0.15) is 41.5 Å². The van der Waals surface area contributed by atoms with Crippen molar-refractivity contribution in [2.24, 2.45) is 0 Å². The molecular weight excluding hydrogens is 917 g/mol. The number of likely N-dealkylation sites (N-methyl/N-ethyl adjacent to an activating group) is 3. The Balaban J connectivity index is 0.000000788. The summed E-state index contributed by atoms with van der Waals surface area (Å²) in [6.07, 6.45) is 0. The largest absolute Gasteiger partial charge is 3.00 e. The molecule has 55 heavy (non-hydrogen) atoms. The molecule has 3 rings (SSSR count). The van der Waals surface area contributed by atoms with Crippen LogP contribution in [0.5, 0.6) is 0 Å². The van der Waals surface area contributed by atoms with Crippen LogP contribution < -0.4 is 0 Å². The van der Waals surface area contributed by atoms with Gasteiger partial charge in [0.15, 0.2) is 34.9 Å². The molecule has 0 N–H and O–H groups in total. The minimum atomic E-state index is -1.45. The van der Waals surface area contributed by atoms with Gasteiger partial charge >= 0.3 is 46.9 Å². The van der Waals surface area contributed by atoms with Gasteiger partial charge in [-0.05, 0) is 58.9 Å². The average Bonchev–Trinajstić information content (AvgIpc) is 3.15. The van der Waals surface area contributed by atoms with Gasteiger partial charge in [0.2, 0.25) is 0 Å². The first-order chi connectivity index (χ1) is 25.5. The fourth-order valence-electron chi connectivity index (χ4n) is 4.63. The summed E-state index contributed by atoms with van der Waals surface area (Å²) in [5.41, 5.74) is -2.63. The van der Waals surface area contributed by atoms with E-state index in [4.69, 9.17) is 0 Å². The zero-order chi connectivity index (χ0) is 41.1. The van der Waals surface area contributed by atoms with Gasteiger partial charge < -0.3 is 30.7 Å². The Labute approximate surface area is 353 Å². The first kappa shape index (κ1) is 52.6. The Morgan fingerprint density at radius 3 is 0.655 bits per heavy atom. The summed E-state index contributed by atoms with van der Waals surface area (Å²) in [5.74, 6) is -17.3. The molecule has 0 aliphatic carbocycles. The SMILES string of the molecule is CCN(CC)CC[N-]c1c(F)c(F)cc(F)c1F.CCN(CC)CC[N-]c1c(F)c(F)cc(F)c1F.CCN(CC)CC[N-]c1c(F)c(F)cc(F)c1F.[Yb+3]. The van der Waals surface area contributed by atoms with Crippen molar-refractivity contribution in [2.75, 3.05) is 78.5 Å². The molecule has 0 saturated heterocycles. The van der Waals surface area contributed by atoms with E-state index in [2.05, 4.69) is 16.0 Å². The molecule has 19 heteroatoms. The third kappa shape index (κ3) is 16.6. The molecule has 0 aliphatic rings. The maximum atomic E-state index is 13.2. The predicted molar refractivity (Wildman–Crippen MR) is 186 cm³/mol. The van der Waals surface area contributed by atoms with Gasteiger partial charge in [-0.3, -0.25) is 0 Å². The smallest absolute Gasteiger partial charge is 0.678 e. The van der Waals surface area contributed by atoms with Gasteiger partial charge in [0.25, 0.3) is 0 Å². The van der Waals surface area contributed by atoms with Crippen molar-refractivity contribution in [3.8, 4) is 0 Å². The molecule has 6 nitrogen and oxygen atoms in total. The Morgan fingerprint density at radius 1 is 0.345 bits per heavy atom. The van der Waals surface area contributed by atoms with Crippen LogP contribution in [0.3, 0.4) is 0 Å². The van der Waals surface area contributed by atoms with Crippen molar-refractivity contribution in [1.82, 2.24) is 14.7 Å². The van der Waals surface area contributed by atoms with Crippen molar-refractivity contribution in [3.63, 3.8) is 0 Å². The zero-order valence-electron chi connectivity index (χ0n) is 31.2. The third-order valence-corrected chi connectivity index (χ3v) is 8.01. The molecule has 0 atom stereocenters. The van der Waals surface area contributed by atoms with E-state index in [-0.39, 0.29) is 84.8 Å². The van der Waals surface area contributed by atoms with Gasteiger partial charge in [0.1, 0.15) is 34.9 Å². The van der Waals surface area contributed by atoms with Crippen LogP contribution in [-0.4, -0.2) is 93.2 Å². The second-order valence-electron chi connectivity index (χ2n) is 11.2. The minimum absolute atomic E-state index is 0. The van der Waals surface area contributed by atoms with Gasteiger partial charge in [0.05, 0.1) is 0 Å². The van der Waals surface area contributed by atoms with E-state index < -0.39 is 86.9 Å². The first-order valence-corrected chi connectivity index (χ1v) is 17.2. The molecule has 0 fully saturated rings. The van der Waals surface area contributed by atoms with Crippen LogP contribution in [-0.2, 0) is 0 Å². The van der Waals surface area contributed by atoms with E-state index in [1.54, 1.807) is 0 Å². The van der Waals surface area contributed by atoms with Gasteiger partial charge in [-0.2, -0.15) is 0 Å². The van der Waals surface area contributed by atoms with Crippen molar-refractivity contribution in [2.45, 2.75) is 41.5 Å². The Bertz CT molecular complexity index is 1330. The van der Waals surface area contributed by atoms with Gasteiger partial charge in [-0.15, -0.1) is 19.6 Å². The molecule has 0 spiro atoms. The van der Waals surface area contributed by atoms with Crippen molar-refractivity contribution in [1.29, 1.82) is 0 Å². The summed E-state index contributed by atoms with van der Waals surface area (Å²) in [6.45, 7) is 17.9. The maximum Gasteiger partial charge on any atom is 3.00 e. The van der Waals surface area contributed by atoms with Crippen molar-refractivity contribution in [3.05, 3.63) is 104 Å². The van der Waals surface area contributed by atoms with Gasteiger partial charge in [0, 0.05) is 18.2 Å². The molecule has 317 valence electrons. The molecule has 0 aromatic heterocycles. The molecular formula is C36H45F12N6Yb. The van der Waals surface area contributed by atoms with E-state index >= 15 is 0 Å². The summed E-state index contributed by atoms with van der Waals surface area (Å²) < 4.78 is 157. The summed E-state index contributed by atoms with van der Waals surface area (Å²) in [6, 6.07) is 0.524. The fraction of sp³-hybridized carbons (Fsp3) is 0.500. The van der Waals surface area contributed by atoms with E-state index in [1.807, 2.05) is 56.2 Å². The van der Waals surface area contributed by atoms with Crippen LogP contribution in [0.25, 0.3) is 16.0 Å². The number of benzene rings is 3. The average molecular weight is 963 g/mol. The Morgan fingerprint density at radius 2 is 0.509 bits per heavy atom. The monoisotopic (exact) mass is 963 g/mol. The maximum absolute atomic E-state index is 13.2. The van der Waals surface area contributed by atoms with Gasteiger partial charge in [-0.25, -0.2) is 52.7 Å². The molecule has 1 radical (unpaired) electrons. The van der Waals surface area contributed by atoms with Crippen LogP contribution >= 0.6 is 0 Å². The quantitative estimate of drug-likeness (QED) is 0.0943. The predicted octanol–water partition coefficient (Wildman–Crippen LogP) is 10.8. The second kappa shape index (κ2) is 27.3. The second-order valence-corrected chi connectivity index (χ2v) is 11.2. The summed E-state index contributed by atoms with van der Waals surface area (Å²) in [7, 11) is 0. The number of hydrogen-bond acceptors (Lipinski definition) is 3. The van der Waals surface area contributed by atoms with Crippen molar-refractivity contribution < 1.29 is 99.6 Å². The van der Waals surface area contributed by atoms with Crippen LogP contribution in [0.15, 0.2) is 18.2 Å². The van der Waals surface area contributed by atoms with Crippen LogP contribution in [0.2, 0.25) is 0 Å². The van der Waals surface area contributed by atoms with Gasteiger partial charge in [-0.1, -0.05) is 58.6 Å². The molecule has 0 amide bonds. The molecule has 3 aromatic rings. The fourth-order valence-corrected chi connectivity index (χ4v) is 4.63. The topological polar surface area (TPSA) is 52.0 Å². The number of hydrogen-bond donors (Lipinski definition) is 0. The molecule has 0 heterocycles. The van der Waals surface area contributed by atoms with E-state index in [0.29, 0.717) is 19.6 Å². The summed E-state index contributed by atoms with van der Waals surface area (Å²) in [5, 5.41) is 10.8.